The fourth-order valence-corrected chi connectivity index (χ4v) is 1.73. The molecule has 0 aliphatic heterocycles. The highest BCUT2D eigenvalue weighted by Gasteiger charge is 2.07. The number of anilines is 1. The minimum atomic E-state index is 0.324. The van der Waals surface area contributed by atoms with Crippen molar-refractivity contribution in [2.24, 2.45) is 0 Å². The highest BCUT2D eigenvalue weighted by molar-refractivity contribution is 5.40. The number of nitrogens with two attached hydrogens (primary N) is 1. The number of nitrogen functional groups attached to an aromatic ring is 1. The van der Waals surface area contributed by atoms with Gasteiger partial charge in [0.05, 0.1) is 0 Å². The monoisotopic (exact) mass is 273 g/mol. The van der Waals surface area contributed by atoms with Crippen molar-refractivity contribution in [3.8, 4) is 11.6 Å². The number of hydrogen-bond acceptors (Lipinski definition) is 5. The van der Waals surface area contributed by atoms with Gasteiger partial charge in [-0.3, -0.25) is 0 Å². The van der Waals surface area contributed by atoms with Crippen LogP contribution >= 0.6 is 0 Å². The van der Waals surface area contributed by atoms with Crippen molar-refractivity contribution < 1.29 is 9.47 Å². The van der Waals surface area contributed by atoms with Crippen molar-refractivity contribution in [3.63, 3.8) is 0 Å². The first kappa shape index (κ1) is 14.3. The molecule has 0 unspecified atom stereocenters. The molecular formula is C15H19N3O2. The Balaban J connectivity index is 2.24. The predicted molar refractivity (Wildman–Crippen MR) is 77.8 cm³/mol. The Morgan fingerprint density at radius 2 is 1.95 bits per heavy atom. The largest absolute Gasteiger partial charge is 0.439 e. The Hall–Kier alpha value is -2.14. The molecule has 2 rings (SSSR count). The van der Waals surface area contributed by atoms with Crippen LogP contribution in [0.1, 0.15) is 23.9 Å². The third kappa shape index (κ3) is 3.68. The smallest absolute Gasteiger partial charge is 0.224 e. The van der Waals surface area contributed by atoms with E-state index in [0.29, 0.717) is 30.7 Å². The summed E-state index contributed by atoms with van der Waals surface area (Å²) in [4.78, 5) is 8.41. The van der Waals surface area contributed by atoms with Crippen LogP contribution in [-0.4, -0.2) is 16.6 Å². The summed E-state index contributed by atoms with van der Waals surface area (Å²) in [6.07, 6.45) is 0. The molecule has 0 radical (unpaired) electrons. The Morgan fingerprint density at radius 3 is 2.70 bits per heavy atom. The van der Waals surface area contributed by atoms with Gasteiger partial charge in [0.25, 0.3) is 0 Å². The molecule has 106 valence electrons. The van der Waals surface area contributed by atoms with Crippen LogP contribution in [0.15, 0.2) is 24.3 Å². The average molecular weight is 273 g/mol. The van der Waals surface area contributed by atoms with E-state index >= 15 is 0 Å². The summed E-state index contributed by atoms with van der Waals surface area (Å²) in [6, 6.07) is 7.63. The molecule has 0 spiro atoms. The van der Waals surface area contributed by atoms with E-state index in [1.54, 1.807) is 6.07 Å². The van der Waals surface area contributed by atoms with Crippen LogP contribution in [0, 0.1) is 13.8 Å². The Labute approximate surface area is 118 Å². The first-order chi connectivity index (χ1) is 9.58. The Bertz CT molecular complexity index is 600. The van der Waals surface area contributed by atoms with Gasteiger partial charge in [-0.15, -0.1) is 0 Å². The highest BCUT2D eigenvalue weighted by Crippen LogP contribution is 2.25. The van der Waals surface area contributed by atoms with Gasteiger partial charge in [0.15, 0.2) is 5.82 Å². The molecule has 0 atom stereocenters. The van der Waals surface area contributed by atoms with Gasteiger partial charge in [0.1, 0.15) is 18.2 Å². The van der Waals surface area contributed by atoms with E-state index in [0.717, 1.165) is 16.9 Å². The number of nitrogens with zero attached hydrogens (tertiary/aromatic N) is 2. The zero-order chi connectivity index (χ0) is 14.5. The first-order valence-electron chi connectivity index (χ1n) is 6.54. The lowest BCUT2D eigenvalue weighted by molar-refractivity contribution is 0.128. The summed E-state index contributed by atoms with van der Waals surface area (Å²) < 4.78 is 11.1. The molecule has 2 N–H and O–H groups in total. The molecule has 1 aromatic heterocycles. The number of aromatic nitrogens is 2. The zero-order valence-corrected chi connectivity index (χ0v) is 12.0. The minimum absolute atomic E-state index is 0.324. The molecule has 5 nitrogen and oxygen atoms in total. The molecule has 0 aliphatic rings. The third-order valence-corrected chi connectivity index (χ3v) is 2.76. The van der Waals surface area contributed by atoms with Crippen molar-refractivity contribution in [2.45, 2.75) is 27.4 Å². The van der Waals surface area contributed by atoms with Crippen LogP contribution in [0.5, 0.6) is 11.6 Å². The van der Waals surface area contributed by atoms with Crippen molar-refractivity contribution in [1.29, 1.82) is 0 Å². The van der Waals surface area contributed by atoms with Gasteiger partial charge in [-0.25, -0.2) is 4.98 Å². The molecule has 1 heterocycles. The van der Waals surface area contributed by atoms with E-state index in [9.17, 15) is 0 Å². The second-order valence-corrected chi connectivity index (χ2v) is 4.56. The van der Waals surface area contributed by atoms with Crippen LogP contribution in [0.2, 0.25) is 0 Å². The summed E-state index contributed by atoms with van der Waals surface area (Å²) in [6.45, 7) is 6.84. The number of aryl methyl sites for hydroxylation is 2. The zero-order valence-electron chi connectivity index (χ0n) is 12.0. The average Bonchev–Trinajstić information content (AvgIpc) is 2.40. The topological polar surface area (TPSA) is 70.3 Å². The predicted octanol–water partition coefficient (Wildman–Crippen LogP) is 3.00. The molecule has 20 heavy (non-hydrogen) atoms. The van der Waals surface area contributed by atoms with Gasteiger partial charge in [-0.05, 0) is 38.0 Å². The summed E-state index contributed by atoms with van der Waals surface area (Å²) in [5, 5.41) is 0. The van der Waals surface area contributed by atoms with Gasteiger partial charge in [0, 0.05) is 12.7 Å². The van der Waals surface area contributed by atoms with E-state index in [1.165, 1.54) is 0 Å². The van der Waals surface area contributed by atoms with E-state index in [-0.39, 0.29) is 0 Å². The molecule has 0 bridgehead atoms. The van der Waals surface area contributed by atoms with Gasteiger partial charge < -0.3 is 15.2 Å². The molecule has 0 amide bonds. The van der Waals surface area contributed by atoms with Gasteiger partial charge in [-0.1, -0.05) is 12.1 Å². The van der Waals surface area contributed by atoms with Crippen LogP contribution in [0.25, 0.3) is 0 Å². The number of hydrogen-bond donors (Lipinski definition) is 1. The number of benzene rings is 1. The standard InChI is InChI=1S/C15H19N3O2/c1-4-19-9-14-17-13(16)8-15(18-14)20-12-7-10(2)5-6-11(12)3/h5-8H,4,9H2,1-3H3,(H2,16,17,18). The second kappa shape index (κ2) is 6.34. The minimum Gasteiger partial charge on any atom is -0.439 e. The molecule has 0 fully saturated rings. The Morgan fingerprint density at radius 1 is 1.15 bits per heavy atom. The maximum Gasteiger partial charge on any atom is 0.224 e. The Kier molecular flexibility index (Phi) is 4.53. The number of rotatable bonds is 5. The lowest BCUT2D eigenvalue weighted by atomic mass is 10.1. The summed E-state index contributed by atoms with van der Waals surface area (Å²) in [7, 11) is 0. The normalized spacial score (nSPS) is 10.6. The quantitative estimate of drug-likeness (QED) is 0.906. The highest BCUT2D eigenvalue weighted by atomic mass is 16.5. The van der Waals surface area contributed by atoms with Gasteiger partial charge in [0.2, 0.25) is 5.88 Å². The fourth-order valence-electron chi connectivity index (χ4n) is 1.73. The lowest BCUT2D eigenvalue weighted by Crippen LogP contribution is -2.04. The molecule has 0 aliphatic carbocycles. The lowest BCUT2D eigenvalue weighted by Gasteiger charge is -2.10. The van der Waals surface area contributed by atoms with Crippen LogP contribution in [0.3, 0.4) is 0 Å². The molecule has 0 saturated carbocycles. The van der Waals surface area contributed by atoms with E-state index in [2.05, 4.69) is 9.97 Å². The molecular weight excluding hydrogens is 254 g/mol. The van der Waals surface area contributed by atoms with E-state index in [4.69, 9.17) is 15.2 Å². The number of ether oxygens (including phenoxy) is 2. The van der Waals surface area contributed by atoms with Gasteiger partial charge in [-0.2, -0.15) is 4.98 Å². The van der Waals surface area contributed by atoms with Crippen molar-refractivity contribution >= 4 is 5.82 Å². The first-order valence-corrected chi connectivity index (χ1v) is 6.54. The summed E-state index contributed by atoms with van der Waals surface area (Å²) in [5.41, 5.74) is 7.93. The summed E-state index contributed by atoms with van der Waals surface area (Å²) >= 11 is 0. The fraction of sp³-hybridized carbons (Fsp3) is 0.333. The van der Waals surface area contributed by atoms with Crippen LogP contribution < -0.4 is 10.5 Å². The van der Waals surface area contributed by atoms with E-state index < -0.39 is 0 Å². The van der Waals surface area contributed by atoms with Crippen molar-refractivity contribution in [2.75, 3.05) is 12.3 Å². The van der Waals surface area contributed by atoms with E-state index in [1.807, 2.05) is 39.0 Å². The van der Waals surface area contributed by atoms with Crippen LogP contribution in [-0.2, 0) is 11.3 Å². The third-order valence-electron chi connectivity index (χ3n) is 2.76. The maximum absolute atomic E-state index is 5.80. The molecule has 1 aromatic carbocycles. The maximum atomic E-state index is 5.80. The van der Waals surface area contributed by atoms with Crippen molar-refractivity contribution in [1.82, 2.24) is 9.97 Å². The molecule has 5 heteroatoms. The molecule has 0 saturated heterocycles. The van der Waals surface area contributed by atoms with Gasteiger partial charge >= 0.3 is 0 Å². The second-order valence-electron chi connectivity index (χ2n) is 4.56. The van der Waals surface area contributed by atoms with Crippen LogP contribution in [0.4, 0.5) is 5.82 Å². The van der Waals surface area contributed by atoms with Crippen molar-refractivity contribution in [3.05, 3.63) is 41.2 Å². The summed E-state index contributed by atoms with van der Waals surface area (Å²) in [5.74, 6) is 2.09. The molecule has 2 aromatic rings. The SMILES string of the molecule is CCOCc1nc(N)cc(Oc2cc(C)ccc2C)n1.